The summed E-state index contributed by atoms with van der Waals surface area (Å²) in [5.41, 5.74) is 0. The molecular formula is C12H26N2S. The molecular weight excluding hydrogens is 204 g/mol. The van der Waals surface area contributed by atoms with Gasteiger partial charge in [-0.1, -0.05) is 6.92 Å². The number of rotatable bonds is 6. The Labute approximate surface area is 99.2 Å². The molecule has 1 rings (SSSR count). The molecule has 90 valence electrons. The van der Waals surface area contributed by atoms with Gasteiger partial charge in [0.2, 0.25) is 0 Å². The Morgan fingerprint density at radius 2 is 2.13 bits per heavy atom. The van der Waals surface area contributed by atoms with E-state index in [0.717, 1.165) is 12.0 Å². The molecule has 0 amide bonds. The van der Waals surface area contributed by atoms with Crippen LogP contribution < -0.4 is 5.32 Å². The van der Waals surface area contributed by atoms with Crippen LogP contribution in [0.3, 0.4) is 0 Å². The van der Waals surface area contributed by atoms with Crippen molar-refractivity contribution in [1.82, 2.24) is 10.2 Å². The van der Waals surface area contributed by atoms with Crippen LogP contribution in [-0.2, 0) is 0 Å². The molecule has 15 heavy (non-hydrogen) atoms. The number of hydrogen-bond donors (Lipinski definition) is 1. The third kappa shape index (κ3) is 4.75. The Hall–Kier alpha value is 0.270. The topological polar surface area (TPSA) is 15.3 Å². The van der Waals surface area contributed by atoms with Crippen molar-refractivity contribution in [1.29, 1.82) is 0 Å². The van der Waals surface area contributed by atoms with E-state index in [-0.39, 0.29) is 0 Å². The molecule has 1 heterocycles. The van der Waals surface area contributed by atoms with Crippen LogP contribution in [0.5, 0.6) is 0 Å². The van der Waals surface area contributed by atoms with Gasteiger partial charge < -0.3 is 5.32 Å². The third-order valence-electron chi connectivity index (χ3n) is 3.16. The fourth-order valence-corrected chi connectivity index (χ4v) is 2.82. The second-order valence-electron chi connectivity index (χ2n) is 5.04. The molecule has 2 nitrogen and oxygen atoms in total. The molecule has 1 saturated heterocycles. The van der Waals surface area contributed by atoms with Crippen LogP contribution in [0.25, 0.3) is 0 Å². The normalized spacial score (nSPS) is 25.0. The average molecular weight is 230 g/mol. The van der Waals surface area contributed by atoms with Gasteiger partial charge in [-0.3, -0.25) is 4.90 Å². The molecule has 2 atom stereocenters. The van der Waals surface area contributed by atoms with Gasteiger partial charge in [0.05, 0.1) is 0 Å². The molecule has 0 bridgehead atoms. The Bertz CT molecular complexity index is 173. The summed E-state index contributed by atoms with van der Waals surface area (Å²) in [6, 6.07) is 1.44. The van der Waals surface area contributed by atoms with Crippen LogP contribution in [0.1, 0.15) is 27.2 Å². The zero-order valence-electron chi connectivity index (χ0n) is 10.6. The maximum absolute atomic E-state index is 3.70. The van der Waals surface area contributed by atoms with Gasteiger partial charge in [-0.15, -0.1) is 0 Å². The van der Waals surface area contributed by atoms with E-state index < -0.39 is 0 Å². The highest BCUT2D eigenvalue weighted by atomic mass is 32.2. The molecule has 1 aliphatic heterocycles. The van der Waals surface area contributed by atoms with E-state index in [9.17, 15) is 0 Å². The second-order valence-corrected chi connectivity index (χ2v) is 5.95. The number of nitrogens with zero attached hydrogens (tertiary/aromatic N) is 1. The van der Waals surface area contributed by atoms with Gasteiger partial charge in [0.1, 0.15) is 0 Å². The van der Waals surface area contributed by atoms with Crippen molar-refractivity contribution in [2.45, 2.75) is 39.3 Å². The van der Waals surface area contributed by atoms with Gasteiger partial charge in [0, 0.05) is 18.6 Å². The number of likely N-dealkylation sites (tertiary alicyclic amines) is 1. The molecule has 1 N–H and O–H groups in total. The van der Waals surface area contributed by atoms with Crippen molar-refractivity contribution < 1.29 is 0 Å². The predicted molar refractivity (Wildman–Crippen MR) is 70.7 cm³/mol. The first-order valence-electron chi connectivity index (χ1n) is 6.09. The standard InChI is InChI=1S/C12H26N2S/c1-10(2)14-6-5-12(8-14)13-7-11(3)9-15-4/h10-13H,5-9H2,1-4H3. The van der Waals surface area contributed by atoms with Crippen molar-refractivity contribution in [3.8, 4) is 0 Å². The first-order chi connectivity index (χ1) is 7.13. The van der Waals surface area contributed by atoms with E-state index in [4.69, 9.17) is 0 Å². The van der Waals surface area contributed by atoms with Gasteiger partial charge in [0.15, 0.2) is 0 Å². The second kappa shape index (κ2) is 6.77. The molecule has 2 unspecified atom stereocenters. The van der Waals surface area contributed by atoms with E-state index >= 15 is 0 Å². The molecule has 0 spiro atoms. The van der Waals surface area contributed by atoms with Crippen molar-refractivity contribution >= 4 is 11.8 Å². The first-order valence-corrected chi connectivity index (χ1v) is 7.49. The number of hydrogen-bond acceptors (Lipinski definition) is 3. The summed E-state index contributed by atoms with van der Waals surface area (Å²) in [7, 11) is 0. The van der Waals surface area contributed by atoms with Gasteiger partial charge in [0.25, 0.3) is 0 Å². The van der Waals surface area contributed by atoms with Crippen LogP contribution >= 0.6 is 11.8 Å². The lowest BCUT2D eigenvalue weighted by molar-refractivity contribution is 0.267. The molecule has 0 radical (unpaired) electrons. The Kier molecular flexibility index (Phi) is 6.02. The number of nitrogens with one attached hydrogen (secondary N) is 1. The first kappa shape index (κ1) is 13.3. The minimum Gasteiger partial charge on any atom is -0.312 e. The SMILES string of the molecule is CSCC(C)CNC1CCN(C(C)C)C1. The van der Waals surface area contributed by atoms with Crippen molar-refractivity contribution in [2.24, 2.45) is 5.92 Å². The average Bonchev–Trinajstić information content (AvgIpc) is 2.63. The fraction of sp³-hybridized carbons (Fsp3) is 1.00. The molecule has 0 aromatic heterocycles. The zero-order chi connectivity index (χ0) is 11.3. The summed E-state index contributed by atoms with van der Waals surface area (Å²) in [5, 5.41) is 3.70. The van der Waals surface area contributed by atoms with Crippen LogP contribution in [0, 0.1) is 5.92 Å². The monoisotopic (exact) mass is 230 g/mol. The molecule has 0 aromatic carbocycles. The highest BCUT2D eigenvalue weighted by Crippen LogP contribution is 2.13. The quantitative estimate of drug-likeness (QED) is 0.752. The summed E-state index contributed by atoms with van der Waals surface area (Å²) in [4.78, 5) is 2.57. The molecule has 0 aliphatic carbocycles. The van der Waals surface area contributed by atoms with Crippen LogP contribution in [-0.4, -0.2) is 48.6 Å². The Morgan fingerprint density at radius 3 is 2.67 bits per heavy atom. The summed E-state index contributed by atoms with van der Waals surface area (Å²) >= 11 is 1.95. The maximum atomic E-state index is 3.70. The van der Waals surface area contributed by atoms with Gasteiger partial charge in [-0.2, -0.15) is 11.8 Å². The third-order valence-corrected chi connectivity index (χ3v) is 4.06. The molecule has 1 aliphatic rings. The van der Waals surface area contributed by atoms with E-state index in [0.29, 0.717) is 6.04 Å². The molecule has 0 aromatic rings. The fourth-order valence-electron chi connectivity index (χ4n) is 2.13. The van der Waals surface area contributed by atoms with Crippen LogP contribution in [0.2, 0.25) is 0 Å². The van der Waals surface area contributed by atoms with Gasteiger partial charge in [-0.25, -0.2) is 0 Å². The maximum Gasteiger partial charge on any atom is 0.0207 e. The van der Waals surface area contributed by atoms with Gasteiger partial charge in [-0.05, 0) is 51.3 Å². The van der Waals surface area contributed by atoms with Crippen molar-refractivity contribution in [3.05, 3.63) is 0 Å². The lowest BCUT2D eigenvalue weighted by atomic mass is 10.2. The summed E-state index contributed by atoms with van der Waals surface area (Å²) < 4.78 is 0. The largest absolute Gasteiger partial charge is 0.312 e. The van der Waals surface area contributed by atoms with E-state index in [1.54, 1.807) is 0 Å². The predicted octanol–water partition coefficient (Wildman–Crippen LogP) is 2.06. The van der Waals surface area contributed by atoms with E-state index in [1.807, 2.05) is 11.8 Å². The highest BCUT2D eigenvalue weighted by molar-refractivity contribution is 7.98. The summed E-state index contributed by atoms with van der Waals surface area (Å²) in [6.45, 7) is 10.6. The Balaban J connectivity index is 2.13. The van der Waals surface area contributed by atoms with Gasteiger partial charge >= 0.3 is 0 Å². The highest BCUT2D eigenvalue weighted by Gasteiger charge is 2.23. The van der Waals surface area contributed by atoms with Crippen molar-refractivity contribution in [3.63, 3.8) is 0 Å². The molecule has 3 heteroatoms. The van der Waals surface area contributed by atoms with E-state index in [1.165, 1.54) is 31.8 Å². The van der Waals surface area contributed by atoms with Crippen LogP contribution in [0.15, 0.2) is 0 Å². The van der Waals surface area contributed by atoms with Crippen molar-refractivity contribution in [2.75, 3.05) is 31.6 Å². The zero-order valence-corrected chi connectivity index (χ0v) is 11.4. The minimum atomic E-state index is 0.709. The summed E-state index contributed by atoms with van der Waals surface area (Å²) in [6.07, 6.45) is 3.51. The number of thioether (sulfide) groups is 1. The summed E-state index contributed by atoms with van der Waals surface area (Å²) in [5.74, 6) is 2.07. The molecule has 1 fully saturated rings. The van der Waals surface area contributed by atoms with Crippen LogP contribution in [0.4, 0.5) is 0 Å². The molecule has 0 saturated carbocycles. The van der Waals surface area contributed by atoms with E-state index in [2.05, 4.69) is 37.2 Å². The lowest BCUT2D eigenvalue weighted by Crippen LogP contribution is -2.37. The Morgan fingerprint density at radius 1 is 1.40 bits per heavy atom. The minimum absolute atomic E-state index is 0.709. The smallest absolute Gasteiger partial charge is 0.0207 e. The lowest BCUT2D eigenvalue weighted by Gasteiger charge is -2.21.